The molecule has 1 aliphatic rings. The monoisotopic (exact) mass is 287 g/mol. The molecule has 0 saturated carbocycles. The van der Waals surface area contributed by atoms with Gasteiger partial charge in [0.15, 0.2) is 5.60 Å². The van der Waals surface area contributed by atoms with Gasteiger partial charge in [0.25, 0.3) is 0 Å². The standard InChI is InChI=1S/C18H25NO2/c1-4-17(13-19)10-11-18(5-2,21-17)14-20-12-16-9-7-6-8-15(16)3/h6-9H,4-5,10-12,14H2,1-3H3. The van der Waals surface area contributed by atoms with E-state index in [-0.39, 0.29) is 5.60 Å². The van der Waals surface area contributed by atoms with E-state index in [0.29, 0.717) is 13.2 Å². The highest BCUT2D eigenvalue weighted by atomic mass is 16.6. The number of aryl methyl sites for hydroxylation is 1. The van der Waals surface area contributed by atoms with Gasteiger partial charge in [-0.05, 0) is 43.7 Å². The van der Waals surface area contributed by atoms with Crippen molar-refractivity contribution in [3.63, 3.8) is 0 Å². The number of hydrogen-bond acceptors (Lipinski definition) is 3. The second kappa shape index (κ2) is 6.60. The van der Waals surface area contributed by atoms with E-state index in [1.165, 1.54) is 11.1 Å². The lowest BCUT2D eigenvalue weighted by atomic mass is 9.94. The molecule has 0 bridgehead atoms. The van der Waals surface area contributed by atoms with Crippen molar-refractivity contribution in [3.05, 3.63) is 35.4 Å². The van der Waals surface area contributed by atoms with E-state index < -0.39 is 5.60 Å². The van der Waals surface area contributed by atoms with Gasteiger partial charge < -0.3 is 9.47 Å². The number of ether oxygens (including phenoxy) is 2. The van der Waals surface area contributed by atoms with Gasteiger partial charge in [0.2, 0.25) is 0 Å². The molecule has 1 heterocycles. The highest BCUT2D eigenvalue weighted by molar-refractivity contribution is 5.24. The summed E-state index contributed by atoms with van der Waals surface area (Å²) in [6.45, 7) is 7.38. The first-order valence-corrected chi connectivity index (χ1v) is 7.82. The maximum atomic E-state index is 9.37. The highest BCUT2D eigenvalue weighted by Crippen LogP contribution is 2.41. The molecule has 114 valence electrons. The minimum Gasteiger partial charge on any atom is -0.374 e. The molecule has 0 N–H and O–H groups in total. The summed E-state index contributed by atoms with van der Waals surface area (Å²) < 4.78 is 12.1. The summed E-state index contributed by atoms with van der Waals surface area (Å²) in [6.07, 6.45) is 3.33. The molecule has 0 aromatic heterocycles. The van der Waals surface area contributed by atoms with E-state index in [1.807, 2.05) is 19.1 Å². The lowest BCUT2D eigenvalue weighted by molar-refractivity contribution is -0.120. The van der Waals surface area contributed by atoms with Gasteiger partial charge >= 0.3 is 0 Å². The molecule has 0 aliphatic carbocycles. The van der Waals surface area contributed by atoms with Crippen LogP contribution in [0, 0.1) is 18.3 Å². The summed E-state index contributed by atoms with van der Waals surface area (Å²) in [5, 5.41) is 9.37. The number of benzene rings is 1. The first-order chi connectivity index (χ1) is 10.1. The Morgan fingerprint density at radius 3 is 2.57 bits per heavy atom. The first kappa shape index (κ1) is 16.0. The zero-order valence-corrected chi connectivity index (χ0v) is 13.3. The fourth-order valence-corrected chi connectivity index (χ4v) is 2.92. The van der Waals surface area contributed by atoms with Crippen molar-refractivity contribution in [2.45, 2.75) is 64.3 Å². The molecule has 21 heavy (non-hydrogen) atoms. The van der Waals surface area contributed by atoms with Crippen LogP contribution in [0.1, 0.15) is 50.7 Å². The van der Waals surface area contributed by atoms with Gasteiger partial charge in [-0.1, -0.05) is 38.1 Å². The maximum absolute atomic E-state index is 9.37. The zero-order chi connectivity index (χ0) is 15.3. The number of rotatable bonds is 6. The fourth-order valence-electron chi connectivity index (χ4n) is 2.92. The molecule has 0 amide bonds. The number of nitriles is 1. The maximum Gasteiger partial charge on any atom is 0.154 e. The molecule has 2 atom stereocenters. The van der Waals surface area contributed by atoms with E-state index in [9.17, 15) is 5.26 Å². The van der Waals surface area contributed by atoms with Gasteiger partial charge in [0.1, 0.15) is 0 Å². The minimum absolute atomic E-state index is 0.297. The Balaban J connectivity index is 1.95. The van der Waals surface area contributed by atoms with Crippen LogP contribution in [0.25, 0.3) is 0 Å². The number of hydrogen-bond donors (Lipinski definition) is 0. The van der Waals surface area contributed by atoms with Gasteiger partial charge in [0.05, 0.1) is 24.9 Å². The van der Waals surface area contributed by atoms with Crippen LogP contribution in [0.3, 0.4) is 0 Å². The fraction of sp³-hybridized carbons (Fsp3) is 0.611. The molecular formula is C18H25NO2. The van der Waals surface area contributed by atoms with Gasteiger partial charge in [0, 0.05) is 0 Å². The second-order valence-electron chi connectivity index (χ2n) is 6.02. The summed E-state index contributed by atoms with van der Waals surface area (Å²) in [7, 11) is 0. The van der Waals surface area contributed by atoms with Crippen molar-refractivity contribution in [3.8, 4) is 6.07 Å². The van der Waals surface area contributed by atoms with Gasteiger partial charge in [-0.25, -0.2) is 0 Å². The predicted molar refractivity (Wildman–Crippen MR) is 82.8 cm³/mol. The van der Waals surface area contributed by atoms with Crippen LogP contribution in [0.5, 0.6) is 0 Å². The topological polar surface area (TPSA) is 42.2 Å². The smallest absolute Gasteiger partial charge is 0.154 e. The third-order valence-electron chi connectivity index (χ3n) is 4.70. The molecule has 1 saturated heterocycles. The van der Waals surface area contributed by atoms with Crippen LogP contribution < -0.4 is 0 Å². The molecule has 1 aliphatic heterocycles. The molecule has 3 nitrogen and oxygen atoms in total. The van der Waals surface area contributed by atoms with Crippen LogP contribution >= 0.6 is 0 Å². The Labute approximate surface area is 127 Å². The minimum atomic E-state index is -0.609. The van der Waals surface area contributed by atoms with Crippen molar-refractivity contribution in [1.82, 2.24) is 0 Å². The van der Waals surface area contributed by atoms with E-state index in [0.717, 1.165) is 25.7 Å². The molecule has 1 fully saturated rings. The van der Waals surface area contributed by atoms with Gasteiger partial charge in [-0.3, -0.25) is 0 Å². The van der Waals surface area contributed by atoms with Crippen molar-refractivity contribution < 1.29 is 9.47 Å². The Morgan fingerprint density at radius 1 is 1.24 bits per heavy atom. The Kier molecular flexibility index (Phi) is 5.03. The Morgan fingerprint density at radius 2 is 2.00 bits per heavy atom. The quantitative estimate of drug-likeness (QED) is 0.789. The Bertz CT molecular complexity index is 522. The largest absolute Gasteiger partial charge is 0.374 e. The molecule has 1 aromatic rings. The van der Waals surface area contributed by atoms with Gasteiger partial charge in [-0.15, -0.1) is 0 Å². The SMILES string of the molecule is CCC1(C#N)CCC(CC)(COCc2ccccc2C)O1. The molecule has 0 radical (unpaired) electrons. The molecule has 2 unspecified atom stereocenters. The first-order valence-electron chi connectivity index (χ1n) is 7.82. The van der Waals surface area contributed by atoms with Crippen molar-refractivity contribution in [2.24, 2.45) is 0 Å². The van der Waals surface area contributed by atoms with Crippen molar-refractivity contribution in [2.75, 3.05) is 6.61 Å². The van der Waals surface area contributed by atoms with E-state index in [2.05, 4.69) is 32.0 Å². The van der Waals surface area contributed by atoms with E-state index in [4.69, 9.17) is 9.47 Å². The number of nitrogens with zero attached hydrogens (tertiary/aromatic N) is 1. The van der Waals surface area contributed by atoms with Crippen LogP contribution in [0.2, 0.25) is 0 Å². The van der Waals surface area contributed by atoms with Crippen molar-refractivity contribution >= 4 is 0 Å². The zero-order valence-electron chi connectivity index (χ0n) is 13.3. The molecule has 2 rings (SSSR count). The normalized spacial score (nSPS) is 28.5. The van der Waals surface area contributed by atoms with Crippen LogP contribution in [-0.4, -0.2) is 17.8 Å². The summed E-state index contributed by atoms with van der Waals surface area (Å²) in [4.78, 5) is 0. The third kappa shape index (κ3) is 3.45. The summed E-state index contributed by atoms with van der Waals surface area (Å²) >= 11 is 0. The second-order valence-corrected chi connectivity index (χ2v) is 6.02. The summed E-state index contributed by atoms with van der Waals surface area (Å²) in [6, 6.07) is 10.6. The molecule has 3 heteroatoms. The van der Waals surface area contributed by atoms with Crippen LogP contribution in [0.15, 0.2) is 24.3 Å². The highest BCUT2D eigenvalue weighted by Gasteiger charge is 2.47. The third-order valence-corrected chi connectivity index (χ3v) is 4.70. The average molecular weight is 287 g/mol. The summed E-state index contributed by atoms with van der Waals surface area (Å²) in [5.74, 6) is 0. The van der Waals surface area contributed by atoms with E-state index >= 15 is 0 Å². The molecule has 0 spiro atoms. The summed E-state index contributed by atoms with van der Waals surface area (Å²) in [5.41, 5.74) is 1.55. The van der Waals surface area contributed by atoms with Crippen molar-refractivity contribution in [1.29, 1.82) is 5.26 Å². The lowest BCUT2D eigenvalue weighted by Crippen LogP contribution is -2.38. The molecular weight excluding hydrogens is 262 g/mol. The average Bonchev–Trinajstić information content (AvgIpc) is 2.90. The predicted octanol–water partition coefficient (Wildman–Crippen LogP) is 4.14. The Hall–Kier alpha value is -1.37. The van der Waals surface area contributed by atoms with Crippen LogP contribution in [0.4, 0.5) is 0 Å². The lowest BCUT2D eigenvalue weighted by Gasteiger charge is -2.30. The van der Waals surface area contributed by atoms with Crippen LogP contribution in [-0.2, 0) is 16.1 Å². The molecule has 1 aromatic carbocycles. The van der Waals surface area contributed by atoms with Gasteiger partial charge in [-0.2, -0.15) is 5.26 Å². The van der Waals surface area contributed by atoms with E-state index in [1.54, 1.807) is 0 Å².